The SMILES string of the molecule is NC(=S)c1ccc(OCC(F)(F)F)c(F)c1. The van der Waals surface area contributed by atoms with Crippen LogP contribution in [0.5, 0.6) is 5.75 Å². The van der Waals surface area contributed by atoms with Crippen LogP contribution >= 0.6 is 12.2 Å². The van der Waals surface area contributed by atoms with Gasteiger partial charge in [-0.05, 0) is 18.2 Å². The highest BCUT2D eigenvalue weighted by Gasteiger charge is 2.28. The van der Waals surface area contributed by atoms with Crippen molar-refractivity contribution in [2.45, 2.75) is 6.18 Å². The molecule has 0 aliphatic heterocycles. The third-order valence-corrected chi connectivity index (χ3v) is 1.84. The number of halogens is 4. The second-order valence-electron chi connectivity index (χ2n) is 2.91. The van der Waals surface area contributed by atoms with Crippen LogP contribution in [-0.2, 0) is 0 Å². The molecule has 16 heavy (non-hydrogen) atoms. The molecule has 0 aromatic heterocycles. The molecule has 0 heterocycles. The van der Waals surface area contributed by atoms with E-state index in [2.05, 4.69) is 17.0 Å². The average Bonchev–Trinajstić information content (AvgIpc) is 2.14. The Labute approximate surface area is 94.0 Å². The van der Waals surface area contributed by atoms with Crippen LogP contribution in [-0.4, -0.2) is 17.8 Å². The van der Waals surface area contributed by atoms with Gasteiger partial charge in [-0.2, -0.15) is 13.2 Å². The Balaban J connectivity index is 2.80. The van der Waals surface area contributed by atoms with Gasteiger partial charge in [0.05, 0.1) is 0 Å². The molecule has 0 aliphatic rings. The summed E-state index contributed by atoms with van der Waals surface area (Å²) in [6.07, 6.45) is -4.51. The van der Waals surface area contributed by atoms with Gasteiger partial charge in [-0.15, -0.1) is 0 Å². The van der Waals surface area contributed by atoms with E-state index in [1.807, 2.05) is 0 Å². The van der Waals surface area contributed by atoms with Crippen LogP contribution in [0.2, 0.25) is 0 Å². The Bertz CT molecular complexity index is 405. The van der Waals surface area contributed by atoms with Gasteiger partial charge in [0.15, 0.2) is 18.2 Å². The van der Waals surface area contributed by atoms with Crippen molar-refractivity contribution in [3.63, 3.8) is 0 Å². The maximum absolute atomic E-state index is 13.2. The monoisotopic (exact) mass is 253 g/mol. The molecule has 0 fully saturated rings. The third-order valence-electron chi connectivity index (χ3n) is 1.61. The molecule has 0 spiro atoms. The number of rotatable bonds is 3. The van der Waals surface area contributed by atoms with Gasteiger partial charge in [0.25, 0.3) is 0 Å². The van der Waals surface area contributed by atoms with Crippen LogP contribution in [0.3, 0.4) is 0 Å². The van der Waals surface area contributed by atoms with E-state index >= 15 is 0 Å². The summed E-state index contributed by atoms with van der Waals surface area (Å²) in [5.41, 5.74) is 5.45. The van der Waals surface area contributed by atoms with Crippen molar-refractivity contribution in [3.8, 4) is 5.75 Å². The summed E-state index contributed by atoms with van der Waals surface area (Å²) in [5, 5.41) is 0. The van der Waals surface area contributed by atoms with E-state index in [0.29, 0.717) is 0 Å². The largest absolute Gasteiger partial charge is 0.481 e. The first kappa shape index (κ1) is 12.7. The van der Waals surface area contributed by atoms with Crippen LogP contribution in [0.4, 0.5) is 17.6 Å². The van der Waals surface area contributed by atoms with Crippen molar-refractivity contribution in [3.05, 3.63) is 29.6 Å². The molecule has 2 N–H and O–H groups in total. The van der Waals surface area contributed by atoms with E-state index in [1.165, 1.54) is 6.07 Å². The second kappa shape index (κ2) is 4.65. The summed E-state index contributed by atoms with van der Waals surface area (Å²) < 4.78 is 52.8. The minimum Gasteiger partial charge on any atom is -0.481 e. The first-order chi connectivity index (χ1) is 7.29. The summed E-state index contributed by atoms with van der Waals surface area (Å²) in [4.78, 5) is -0.0405. The fourth-order valence-electron chi connectivity index (χ4n) is 0.931. The smallest absolute Gasteiger partial charge is 0.422 e. The molecule has 0 amide bonds. The van der Waals surface area contributed by atoms with E-state index in [4.69, 9.17) is 5.73 Å². The van der Waals surface area contributed by atoms with Crippen molar-refractivity contribution >= 4 is 17.2 Å². The first-order valence-corrected chi connectivity index (χ1v) is 4.49. The summed E-state index contributed by atoms with van der Waals surface area (Å²) in [6, 6.07) is 3.26. The molecule has 1 aromatic carbocycles. The van der Waals surface area contributed by atoms with Gasteiger partial charge < -0.3 is 10.5 Å². The lowest BCUT2D eigenvalue weighted by Gasteiger charge is -2.10. The Morgan fingerprint density at radius 3 is 2.44 bits per heavy atom. The molecule has 0 aliphatic carbocycles. The lowest BCUT2D eigenvalue weighted by atomic mass is 10.2. The van der Waals surface area contributed by atoms with Crippen LogP contribution in [0.15, 0.2) is 18.2 Å². The van der Waals surface area contributed by atoms with Gasteiger partial charge in [0, 0.05) is 5.56 Å². The zero-order valence-corrected chi connectivity index (χ0v) is 8.66. The molecule has 0 saturated carbocycles. The molecule has 0 radical (unpaired) electrons. The van der Waals surface area contributed by atoms with Crippen molar-refractivity contribution in [2.75, 3.05) is 6.61 Å². The van der Waals surface area contributed by atoms with Gasteiger partial charge in [0.2, 0.25) is 0 Å². The summed E-state index contributed by atoms with van der Waals surface area (Å²) in [6.45, 7) is -1.55. The quantitative estimate of drug-likeness (QED) is 0.663. The molecule has 7 heteroatoms. The number of benzene rings is 1. The number of nitrogens with two attached hydrogens (primary N) is 1. The molecule has 0 bridgehead atoms. The normalized spacial score (nSPS) is 11.2. The molecule has 1 aromatic rings. The lowest BCUT2D eigenvalue weighted by Crippen LogP contribution is -2.19. The zero-order valence-electron chi connectivity index (χ0n) is 7.84. The molecular formula is C9H7F4NOS. The Hall–Kier alpha value is -1.37. The molecule has 88 valence electrons. The minimum absolute atomic E-state index is 0.0405. The maximum atomic E-state index is 13.2. The van der Waals surface area contributed by atoms with Crippen molar-refractivity contribution in [1.29, 1.82) is 0 Å². The van der Waals surface area contributed by atoms with Gasteiger partial charge >= 0.3 is 6.18 Å². The number of thiocarbonyl (C=S) groups is 1. The fraction of sp³-hybridized carbons (Fsp3) is 0.222. The fourth-order valence-corrected chi connectivity index (χ4v) is 1.06. The third kappa shape index (κ3) is 3.65. The van der Waals surface area contributed by atoms with Crippen LogP contribution < -0.4 is 10.5 Å². The summed E-state index contributed by atoms with van der Waals surface area (Å²) in [7, 11) is 0. The average molecular weight is 253 g/mol. The highest BCUT2D eigenvalue weighted by Crippen LogP contribution is 2.22. The minimum atomic E-state index is -4.51. The topological polar surface area (TPSA) is 35.2 Å². The van der Waals surface area contributed by atoms with Crippen molar-refractivity contribution in [2.24, 2.45) is 5.73 Å². The highest BCUT2D eigenvalue weighted by atomic mass is 32.1. The molecular weight excluding hydrogens is 246 g/mol. The number of hydrogen-bond acceptors (Lipinski definition) is 2. The number of hydrogen-bond donors (Lipinski definition) is 1. The van der Waals surface area contributed by atoms with Crippen molar-refractivity contribution in [1.82, 2.24) is 0 Å². The number of alkyl halides is 3. The van der Waals surface area contributed by atoms with Gasteiger partial charge in [-0.3, -0.25) is 0 Å². The molecule has 0 atom stereocenters. The zero-order chi connectivity index (χ0) is 12.3. The predicted molar refractivity (Wildman–Crippen MR) is 53.8 cm³/mol. The number of ether oxygens (including phenoxy) is 1. The van der Waals surface area contributed by atoms with Crippen LogP contribution in [0.1, 0.15) is 5.56 Å². The van der Waals surface area contributed by atoms with E-state index in [0.717, 1.165) is 12.1 Å². The Morgan fingerprint density at radius 2 is 2.00 bits per heavy atom. The summed E-state index contributed by atoms with van der Waals surface area (Å²) in [5.74, 6) is -1.42. The van der Waals surface area contributed by atoms with Crippen molar-refractivity contribution < 1.29 is 22.3 Å². The second-order valence-corrected chi connectivity index (χ2v) is 3.35. The first-order valence-electron chi connectivity index (χ1n) is 4.08. The molecule has 2 nitrogen and oxygen atoms in total. The molecule has 1 rings (SSSR count). The lowest BCUT2D eigenvalue weighted by molar-refractivity contribution is -0.153. The summed E-state index contributed by atoms with van der Waals surface area (Å²) >= 11 is 4.58. The van der Waals surface area contributed by atoms with Crippen LogP contribution in [0, 0.1) is 5.82 Å². The van der Waals surface area contributed by atoms with Gasteiger partial charge in [-0.25, -0.2) is 4.39 Å². The van der Waals surface area contributed by atoms with Gasteiger partial charge in [-0.1, -0.05) is 12.2 Å². The van der Waals surface area contributed by atoms with E-state index < -0.39 is 24.3 Å². The highest BCUT2D eigenvalue weighted by molar-refractivity contribution is 7.80. The van der Waals surface area contributed by atoms with Crippen LogP contribution in [0.25, 0.3) is 0 Å². The standard InChI is InChI=1S/C9H7F4NOS/c10-6-3-5(8(14)16)1-2-7(6)15-4-9(11,12)13/h1-3H,4H2,(H2,14,16). The molecule has 0 unspecified atom stereocenters. The van der Waals surface area contributed by atoms with E-state index in [-0.39, 0.29) is 10.6 Å². The Kier molecular flexibility index (Phi) is 3.69. The van der Waals surface area contributed by atoms with Gasteiger partial charge in [0.1, 0.15) is 4.99 Å². The maximum Gasteiger partial charge on any atom is 0.422 e. The van der Waals surface area contributed by atoms with E-state index in [9.17, 15) is 17.6 Å². The van der Waals surface area contributed by atoms with E-state index in [1.54, 1.807) is 0 Å². The predicted octanol–water partition coefficient (Wildman–Crippen LogP) is 2.40. The Morgan fingerprint density at radius 1 is 1.38 bits per heavy atom. The molecule has 0 saturated heterocycles.